The van der Waals surface area contributed by atoms with Crippen LogP contribution < -0.4 is 51.4 Å². The molecule has 0 N–H and O–H groups in total. The minimum Gasteiger partial charge on any atom is -0.612 e. The molecule has 0 radical (unpaired) electrons. The normalized spacial score (nSPS) is 8.50. The summed E-state index contributed by atoms with van der Waals surface area (Å²) in [4.78, 5) is 10.1. The summed E-state index contributed by atoms with van der Waals surface area (Å²) in [5, 5.41) is 20.4. The Morgan fingerprint density at radius 3 is 2.08 bits per heavy atom. The van der Waals surface area contributed by atoms with Crippen LogP contribution in [0.2, 0.25) is 0 Å². The van der Waals surface area contributed by atoms with Gasteiger partial charge < -0.3 is 15.2 Å². The van der Waals surface area contributed by atoms with Crippen LogP contribution in [0.15, 0.2) is 0 Å². The number of hydrogen-bond acceptors (Lipinski definition) is 3. The number of ketones is 1. The summed E-state index contributed by atoms with van der Waals surface area (Å²) >= 11 is 0. The van der Waals surface area contributed by atoms with Crippen molar-refractivity contribution in [2.24, 2.45) is 0 Å². The predicted molar refractivity (Wildman–Crippen MR) is 42.2 cm³/mol. The monoisotopic (exact) mass is 197 g/mol. The second-order valence-electron chi connectivity index (χ2n) is 2.38. The van der Waals surface area contributed by atoms with Crippen molar-refractivity contribution in [3.8, 4) is 0 Å². The first kappa shape index (κ1) is 15.1. The molecule has 0 aliphatic heterocycles. The maximum atomic E-state index is 10.5. The van der Waals surface area contributed by atoms with Crippen LogP contribution in [-0.4, -0.2) is 16.4 Å². The minimum absolute atomic E-state index is 0. The van der Waals surface area contributed by atoms with Crippen LogP contribution in [0, 0.1) is 10.4 Å². The molecule has 0 heterocycles. The first-order valence-corrected chi connectivity index (χ1v) is 3.56. The van der Waals surface area contributed by atoms with Gasteiger partial charge in [-0.15, -0.1) is 0 Å². The van der Waals surface area contributed by atoms with Crippen molar-refractivity contribution in [1.29, 1.82) is 0 Å². The largest absolute Gasteiger partial charge is 1.00 e. The molecular formula is C7H12KNO3. The van der Waals surface area contributed by atoms with Crippen molar-refractivity contribution in [3.05, 3.63) is 10.4 Å². The third kappa shape index (κ3) is 7.24. The molecule has 0 aromatic rings. The molecule has 0 saturated carbocycles. The summed E-state index contributed by atoms with van der Waals surface area (Å²) in [6, 6.07) is 0. The third-order valence-electron chi connectivity index (χ3n) is 1.43. The average Bonchev–Trinajstić information content (AvgIpc) is 1.87. The van der Waals surface area contributed by atoms with Crippen molar-refractivity contribution in [3.63, 3.8) is 0 Å². The van der Waals surface area contributed by atoms with Crippen molar-refractivity contribution in [1.82, 2.24) is 0 Å². The number of Topliss-reactive ketones (excluding diaryl/α,β-unsaturated/α-hetero) is 1. The van der Waals surface area contributed by atoms with E-state index in [2.05, 4.69) is 0 Å². The number of carbonyl (C=O) groups is 1. The molecule has 0 atom stereocenters. The molecule has 0 fully saturated rings. The SMILES string of the molecule is CCC(CCC(C)=O)=[N+]([O-])[O-].[K+]. The Labute approximate surface area is 115 Å². The van der Waals surface area contributed by atoms with E-state index in [4.69, 9.17) is 0 Å². The van der Waals surface area contributed by atoms with E-state index in [1.54, 1.807) is 6.92 Å². The maximum Gasteiger partial charge on any atom is 1.00 e. The quantitative estimate of drug-likeness (QED) is 0.231. The number of nitrogens with zero attached hydrogens (tertiary/aromatic N) is 1. The maximum absolute atomic E-state index is 10.5. The van der Waals surface area contributed by atoms with Crippen LogP contribution in [0.3, 0.4) is 0 Å². The molecule has 0 bridgehead atoms. The van der Waals surface area contributed by atoms with Gasteiger partial charge in [-0.2, -0.15) is 4.90 Å². The molecule has 0 rings (SSSR count). The van der Waals surface area contributed by atoms with Gasteiger partial charge in [0.05, 0.1) is 0 Å². The van der Waals surface area contributed by atoms with Gasteiger partial charge in [0.1, 0.15) is 5.78 Å². The summed E-state index contributed by atoms with van der Waals surface area (Å²) in [5.41, 5.74) is 0.236. The van der Waals surface area contributed by atoms with Gasteiger partial charge in [-0.25, -0.2) is 0 Å². The van der Waals surface area contributed by atoms with Crippen LogP contribution in [0.25, 0.3) is 0 Å². The zero-order valence-electron chi connectivity index (χ0n) is 7.79. The molecule has 12 heavy (non-hydrogen) atoms. The summed E-state index contributed by atoms with van der Waals surface area (Å²) in [6.07, 6.45) is 0.989. The molecule has 4 nitrogen and oxygen atoms in total. The van der Waals surface area contributed by atoms with E-state index in [9.17, 15) is 15.2 Å². The van der Waals surface area contributed by atoms with Crippen molar-refractivity contribution in [2.45, 2.75) is 33.1 Å². The molecule has 0 aromatic heterocycles. The van der Waals surface area contributed by atoms with Gasteiger partial charge in [-0.1, -0.05) is 6.92 Å². The second-order valence-corrected chi connectivity index (χ2v) is 2.38. The minimum atomic E-state index is -0.400. The standard InChI is InChI=1S/C7H12NO3.K/c1-3-7(8(10)11)5-4-6(2)9;/h3-5H2,1-2H3;/q-1;+1. The Morgan fingerprint density at radius 1 is 1.33 bits per heavy atom. The first-order chi connectivity index (χ1) is 5.07. The molecule has 0 saturated heterocycles. The number of hydrogen-bond donors (Lipinski definition) is 0. The molecular weight excluding hydrogens is 185 g/mol. The van der Waals surface area contributed by atoms with E-state index in [0.717, 1.165) is 0 Å². The average molecular weight is 197 g/mol. The fourth-order valence-electron chi connectivity index (χ4n) is 0.717. The Bertz CT molecular complexity index is 175. The summed E-state index contributed by atoms with van der Waals surface area (Å²) in [5.74, 6) is -0.00204. The third-order valence-corrected chi connectivity index (χ3v) is 1.43. The molecule has 0 spiro atoms. The molecule has 64 valence electrons. The van der Waals surface area contributed by atoms with Gasteiger partial charge >= 0.3 is 51.4 Å². The fraction of sp³-hybridized carbons (Fsp3) is 0.714. The Hall–Kier alpha value is 0.576. The summed E-state index contributed by atoms with van der Waals surface area (Å²) in [7, 11) is 0. The van der Waals surface area contributed by atoms with Gasteiger partial charge in [0.25, 0.3) is 0 Å². The predicted octanol–water partition coefficient (Wildman–Crippen LogP) is -1.78. The molecule has 0 aliphatic rings. The van der Waals surface area contributed by atoms with Crippen LogP contribution in [0.1, 0.15) is 33.1 Å². The molecule has 0 unspecified atom stereocenters. The Morgan fingerprint density at radius 2 is 1.83 bits per heavy atom. The Kier molecular flexibility index (Phi) is 10.3. The van der Waals surface area contributed by atoms with Gasteiger partial charge in [0.15, 0.2) is 5.71 Å². The van der Waals surface area contributed by atoms with E-state index >= 15 is 0 Å². The van der Waals surface area contributed by atoms with E-state index in [1.165, 1.54) is 6.92 Å². The summed E-state index contributed by atoms with van der Waals surface area (Å²) in [6.45, 7) is 3.16. The zero-order chi connectivity index (χ0) is 8.85. The molecule has 0 amide bonds. The first-order valence-electron chi connectivity index (χ1n) is 3.56. The number of carbonyl (C=O) groups excluding carboxylic acids is 1. The van der Waals surface area contributed by atoms with E-state index in [-0.39, 0.29) is 69.3 Å². The van der Waals surface area contributed by atoms with Crippen LogP contribution in [0.4, 0.5) is 0 Å². The zero-order valence-corrected chi connectivity index (χ0v) is 10.9. The second kappa shape index (κ2) is 8.19. The molecule has 5 heteroatoms. The van der Waals surface area contributed by atoms with Crippen molar-refractivity contribution >= 4 is 11.5 Å². The summed E-state index contributed by atoms with van der Waals surface area (Å²) < 4.78 is 0. The molecule has 0 aromatic carbocycles. The Balaban J connectivity index is 0. The van der Waals surface area contributed by atoms with Gasteiger partial charge in [-0.3, -0.25) is 0 Å². The topological polar surface area (TPSA) is 66.2 Å². The van der Waals surface area contributed by atoms with E-state index in [1.807, 2.05) is 0 Å². The van der Waals surface area contributed by atoms with Gasteiger partial charge in [-0.05, 0) is 6.92 Å². The van der Waals surface area contributed by atoms with E-state index < -0.39 is 4.90 Å². The van der Waals surface area contributed by atoms with Crippen molar-refractivity contribution in [2.75, 3.05) is 0 Å². The number of rotatable bonds is 4. The fourth-order valence-corrected chi connectivity index (χ4v) is 0.717. The van der Waals surface area contributed by atoms with E-state index in [0.29, 0.717) is 12.8 Å². The van der Waals surface area contributed by atoms with Gasteiger partial charge in [0, 0.05) is 19.3 Å². The van der Waals surface area contributed by atoms with Crippen molar-refractivity contribution < 1.29 is 61.1 Å². The smallest absolute Gasteiger partial charge is 0.612 e. The van der Waals surface area contributed by atoms with Gasteiger partial charge in [0.2, 0.25) is 0 Å². The van der Waals surface area contributed by atoms with Crippen LogP contribution in [0.5, 0.6) is 0 Å². The van der Waals surface area contributed by atoms with Crippen LogP contribution >= 0.6 is 0 Å². The molecule has 0 aliphatic carbocycles. The van der Waals surface area contributed by atoms with Crippen LogP contribution in [-0.2, 0) is 4.79 Å².